The van der Waals surface area contributed by atoms with Crippen molar-refractivity contribution >= 4 is 17.1 Å². The number of β-amino-alcohol motifs (C(OH)–C–C–N with tert-alkyl or cyclic N) is 1. The molecule has 0 saturated carbocycles. The number of fused-ring (bicyclic) bond motifs is 2. The van der Waals surface area contributed by atoms with Crippen LogP contribution >= 0.6 is 0 Å². The fourth-order valence-electron chi connectivity index (χ4n) is 4.49. The average Bonchev–Trinajstić information content (AvgIpc) is 2.92. The highest BCUT2D eigenvalue weighted by Crippen LogP contribution is 2.30. The molecule has 3 aromatic rings. The number of carbonyl (C=O) groups excluding carboxylic acids is 1. The van der Waals surface area contributed by atoms with Gasteiger partial charge in [0, 0.05) is 43.4 Å². The molecule has 2 N–H and O–H groups in total. The SMILES string of the molecule is COc1ccc2ncc(F)c(C(O)CN3CCC(NC(=O)OCc4cc5c(cn4)OCCO5)CC3)c2n1. The van der Waals surface area contributed by atoms with Gasteiger partial charge in [-0.1, -0.05) is 0 Å². The number of carbonyl (C=O) groups is 1. The van der Waals surface area contributed by atoms with Crippen LogP contribution in [0, 0.1) is 5.82 Å². The van der Waals surface area contributed by atoms with Gasteiger partial charge in [0.1, 0.15) is 31.2 Å². The van der Waals surface area contributed by atoms with Crippen molar-refractivity contribution in [2.75, 3.05) is 40.0 Å². The number of methoxy groups -OCH3 is 1. The molecule has 5 rings (SSSR count). The summed E-state index contributed by atoms with van der Waals surface area (Å²) < 4.78 is 36.1. The van der Waals surface area contributed by atoms with Gasteiger partial charge in [0.15, 0.2) is 11.5 Å². The Morgan fingerprint density at radius 1 is 1.22 bits per heavy atom. The van der Waals surface area contributed by atoms with Crippen LogP contribution in [0.1, 0.15) is 30.2 Å². The lowest BCUT2D eigenvalue weighted by Crippen LogP contribution is -2.45. The predicted octanol–water partition coefficient (Wildman–Crippen LogP) is 2.37. The number of nitrogens with one attached hydrogen (secondary N) is 1. The minimum absolute atomic E-state index is 0.0117. The van der Waals surface area contributed by atoms with Crippen molar-refractivity contribution in [3.63, 3.8) is 0 Å². The first-order valence-electron chi connectivity index (χ1n) is 12.1. The van der Waals surface area contributed by atoms with Crippen LogP contribution in [0.5, 0.6) is 17.4 Å². The highest BCUT2D eigenvalue weighted by atomic mass is 19.1. The summed E-state index contributed by atoms with van der Waals surface area (Å²) in [7, 11) is 1.47. The molecular weight excluding hydrogens is 485 g/mol. The molecular formula is C25H28FN5O6. The number of amides is 1. The van der Waals surface area contributed by atoms with Crippen molar-refractivity contribution in [1.29, 1.82) is 0 Å². The molecule has 1 unspecified atom stereocenters. The van der Waals surface area contributed by atoms with Crippen LogP contribution in [0.15, 0.2) is 30.6 Å². The number of hydrogen-bond donors (Lipinski definition) is 2. The molecule has 2 aliphatic rings. The van der Waals surface area contributed by atoms with Gasteiger partial charge < -0.3 is 34.3 Å². The van der Waals surface area contributed by atoms with Crippen LogP contribution < -0.4 is 19.5 Å². The van der Waals surface area contributed by atoms with E-state index in [2.05, 4.69) is 20.3 Å². The normalized spacial score (nSPS) is 16.8. The van der Waals surface area contributed by atoms with Crippen molar-refractivity contribution in [2.45, 2.75) is 31.6 Å². The first kappa shape index (κ1) is 24.9. The fourth-order valence-corrected chi connectivity index (χ4v) is 4.49. The standard InChI is InChI=1S/C25H28FN5O6/c1-34-22-3-2-18-24(30-22)23(17(26)11-28-18)19(32)13-31-6-4-15(5-7-31)29-25(33)37-14-16-10-20-21(12-27-16)36-9-8-35-20/h2-3,10-12,15,19,32H,4-9,13-14H2,1H3,(H,29,33). The number of ether oxygens (including phenoxy) is 4. The van der Waals surface area contributed by atoms with Gasteiger partial charge in [-0.25, -0.2) is 14.2 Å². The van der Waals surface area contributed by atoms with Crippen molar-refractivity contribution in [3.05, 3.63) is 47.7 Å². The van der Waals surface area contributed by atoms with E-state index >= 15 is 0 Å². The molecule has 0 radical (unpaired) electrons. The van der Waals surface area contributed by atoms with E-state index < -0.39 is 18.0 Å². The van der Waals surface area contributed by atoms with Gasteiger partial charge in [-0.05, 0) is 18.9 Å². The number of alkyl carbamates (subject to hydrolysis) is 1. The smallest absolute Gasteiger partial charge is 0.407 e. The average molecular weight is 514 g/mol. The molecule has 3 aromatic heterocycles. The number of piperidine rings is 1. The Morgan fingerprint density at radius 3 is 2.78 bits per heavy atom. The first-order chi connectivity index (χ1) is 18.0. The number of rotatable bonds is 7. The number of nitrogens with zero attached hydrogens (tertiary/aromatic N) is 4. The Kier molecular flexibility index (Phi) is 7.47. The molecule has 12 heteroatoms. The van der Waals surface area contributed by atoms with Gasteiger partial charge in [0.05, 0.1) is 36.8 Å². The summed E-state index contributed by atoms with van der Waals surface area (Å²) in [5, 5.41) is 13.8. The highest BCUT2D eigenvalue weighted by Gasteiger charge is 2.26. The molecule has 1 amide bonds. The van der Waals surface area contributed by atoms with Gasteiger partial charge in [-0.3, -0.25) is 9.97 Å². The van der Waals surface area contributed by atoms with Gasteiger partial charge in [-0.15, -0.1) is 0 Å². The third-order valence-electron chi connectivity index (χ3n) is 6.40. The zero-order chi connectivity index (χ0) is 25.8. The maximum atomic E-state index is 14.6. The molecule has 5 heterocycles. The second-order valence-corrected chi connectivity index (χ2v) is 8.87. The number of aliphatic hydroxyl groups is 1. The number of aromatic nitrogens is 3. The quantitative estimate of drug-likeness (QED) is 0.486. The van der Waals surface area contributed by atoms with Crippen molar-refractivity contribution < 1.29 is 33.2 Å². The third kappa shape index (κ3) is 5.81. The molecule has 1 atom stereocenters. The highest BCUT2D eigenvalue weighted by molar-refractivity contribution is 5.78. The van der Waals surface area contributed by atoms with Crippen LogP contribution in [0.25, 0.3) is 11.0 Å². The van der Waals surface area contributed by atoms with Gasteiger partial charge in [-0.2, -0.15) is 0 Å². The van der Waals surface area contributed by atoms with E-state index in [1.165, 1.54) is 7.11 Å². The van der Waals surface area contributed by atoms with Crippen molar-refractivity contribution in [1.82, 2.24) is 25.2 Å². The minimum atomic E-state index is -1.10. The molecule has 11 nitrogen and oxygen atoms in total. The molecule has 37 heavy (non-hydrogen) atoms. The number of hydrogen-bond acceptors (Lipinski definition) is 10. The monoisotopic (exact) mass is 513 g/mol. The summed E-state index contributed by atoms with van der Waals surface area (Å²) in [6.07, 6.45) is 2.35. The Labute approximate surface area is 212 Å². The van der Waals surface area contributed by atoms with Gasteiger partial charge in [0.2, 0.25) is 5.88 Å². The maximum Gasteiger partial charge on any atom is 0.407 e. The summed E-state index contributed by atoms with van der Waals surface area (Å²) in [5.74, 6) is 0.862. The largest absolute Gasteiger partial charge is 0.486 e. The van der Waals surface area contributed by atoms with Crippen LogP contribution in [-0.2, 0) is 11.3 Å². The Morgan fingerprint density at radius 2 is 2.00 bits per heavy atom. The number of aliphatic hydroxyl groups excluding tert-OH is 1. The third-order valence-corrected chi connectivity index (χ3v) is 6.40. The van der Waals surface area contributed by atoms with Crippen LogP contribution in [-0.4, -0.2) is 77.1 Å². The minimum Gasteiger partial charge on any atom is -0.486 e. The van der Waals surface area contributed by atoms with Gasteiger partial charge in [0.25, 0.3) is 0 Å². The van der Waals surface area contributed by atoms with E-state index in [1.807, 2.05) is 4.90 Å². The van der Waals surface area contributed by atoms with E-state index in [1.54, 1.807) is 24.4 Å². The molecule has 0 aliphatic carbocycles. The second-order valence-electron chi connectivity index (χ2n) is 8.87. The van der Waals surface area contributed by atoms with Crippen LogP contribution in [0.2, 0.25) is 0 Å². The van der Waals surface area contributed by atoms with Gasteiger partial charge >= 0.3 is 6.09 Å². The van der Waals surface area contributed by atoms with Crippen molar-refractivity contribution in [3.8, 4) is 17.4 Å². The number of likely N-dealkylation sites (tertiary alicyclic amines) is 1. The first-order valence-corrected chi connectivity index (χ1v) is 12.1. The predicted molar refractivity (Wildman–Crippen MR) is 129 cm³/mol. The zero-order valence-electron chi connectivity index (χ0n) is 20.4. The lowest BCUT2D eigenvalue weighted by atomic mass is 10.0. The maximum absolute atomic E-state index is 14.6. The molecule has 0 spiro atoms. The molecule has 1 saturated heterocycles. The Balaban J connectivity index is 1.11. The topological polar surface area (TPSA) is 128 Å². The molecule has 2 aliphatic heterocycles. The van der Waals surface area contributed by atoms with E-state index in [0.717, 1.165) is 6.20 Å². The lowest BCUT2D eigenvalue weighted by molar-refractivity contribution is 0.0883. The van der Waals surface area contributed by atoms with E-state index in [0.29, 0.717) is 67.7 Å². The zero-order valence-corrected chi connectivity index (χ0v) is 20.4. The number of pyridine rings is 3. The summed E-state index contributed by atoms with van der Waals surface area (Å²) in [6, 6.07) is 4.94. The van der Waals surface area contributed by atoms with E-state index in [4.69, 9.17) is 18.9 Å². The van der Waals surface area contributed by atoms with Crippen LogP contribution in [0.4, 0.5) is 9.18 Å². The summed E-state index contributed by atoms with van der Waals surface area (Å²) in [4.78, 5) is 26.9. The summed E-state index contributed by atoms with van der Waals surface area (Å²) in [6.45, 7) is 2.42. The Bertz CT molecular complexity index is 1270. The van der Waals surface area contributed by atoms with E-state index in [9.17, 15) is 14.3 Å². The number of halogens is 1. The van der Waals surface area contributed by atoms with Crippen molar-refractivity contribution in [2.24, 2.45) is 0 Å². The second kappa shape index (κ2) is 11.1. The molecule has 0 aromatic carbocycles. The van der Waals surface area contributed by atoms with E-state index in [-0.39, 0.29) is 30.3 Å². The summed E-state index contributed by atoms with van der Waals surface area (Å²) in [5.41, 5.74) is 1.41. The molecule has 1 fully saturated rings. The molecule has 0 bridgehead atoms. The van der Waals surface area contributed by atoms with Crippen LogP contribution in [0.3, 0.4) is 0 Å². The Hall–Kier alpha value is -3.77. The summed E-state index contributed by atoms with van der Waals surface area (Å²) >= 11 is 0. The lowest BCUT2D eigenvalue weighted by Gasteiger charge is -2.33. The molecule has 196 valence electrons. The fraction of sp³-hybridized carbons (Fsp3) is 0.440.